The lowest BCUT2D eigenvalue weighted by Crippen LogP contribution is -2.52. The van der Waals surface area contributed by atoms with Crippen LogP contribution in [0.2, 0.25) is 5.02 Å². The van der Waals surface area contributed by atoms with Crippen LogP contribution in [0.5, 0.6) is 5.75 Å². The van der Waals surface area contributed by atoms with Crippen molar-refractivity contribution in [3.05, 3.63) is 116 Å². The van der Waals surface area contributed by atoms with Crippen LogP contribution in [0.3, 0.4) is 0 Å². The predicted molar refractivity (Wildman–Crippen MR) is 200 cm³/mol. The van der Waals surface area contributed by atoms with Crippen molar-refractivity contribution in [2.45, 2.75) is 57.5 Å². The van der Waals surface area contributed by atoms with E-state index in [1.807, 2.05) is 36.4 Å². The molecule has 3 aliphatic rings. The van der Waals surface area contributed by atoms with Gasteiger partial charge in [-0.1, -0.05) is 48.0 Å². The number of carbonyl (C=O) groups is 2. The Morgan fingerprint density at radius 2 is 1.84 bits per heavy atom. The minimum atomic E-state index is -4.62. The summed E-state index contributed by atoms with van der Waals surface area (Å²) in [5.74, 6) is -0.272. The van der Waals surface area contributed by atoms with Crippen molar-refractivity contribution in [2.75, 3.05) is 38.2 Å². The minimum absolute atomic E-state index is 0.0144. The molecule has 14 nitrogen and oxygen atoms in total. The lowest BCUT2D eigenvalue weighted by molar-refractivity contribution is -0.137. The molecule has 0 atom stereocenters. The number of carbonyl (C=O) groups excluding carboxylic acids is 2. The van der Waals surface area contributed by atoms with Crippen LogP contribution in [0.4, 0.5) is 18.9 Å². The lowest BCUT2D eigenvalue weighted by Gasteiger charge is -2.44. The molecule has 0 saturated carbocycles. The minimum Gasteiger partial charge on any atom is -0.485 e. The summed E-state index contributed by atoms with van der Waals surface area (Å²) in [6, 6.07) is 12.2. The van der Waals surface area contributed by atoms with Gasteiger partial charge in [0, 0.05) is 25.2 Å². The molecule has 1 spiro atoms. The summed E-state index contributed by atoms with van der Waals surface area (Å²) in [6.07, 6.45) is -0.208. The molecule has 0 aliphatic carbocycles. The summed E-state index contributed by atoms with van der Waals surface area (Å²) >= 11 is 6.17. The Morgan fingerprint density at radius 3 is 2.56 bits per heavy atom. The Kier molecular flexibility index (Phi) is 10.3. The van der Waals surface area contributed by atoms with E-state index in [2.05, 4.69) is 20.4 Å². The molecule has 1 saturated heterocycles. The highest BCUT2D eigenvalue weighted by Gasteiger charge is 2.46. The van der Waals surface area contributed by atoms with Crippen molar-refractivity contribution in [3.8, 4) is 5.75 Å². The van der Waals surface area contributed by atoms with Crippen molar-refractivity contribution < 1.29 is 37.0 Å². The van der Waals surface area contributed by atoms with Gasteiger partial charge in [0.25, 0.3) is 11.5 Å². The fraction of sp³-hybridized carbons (Fsp3) is 0.359. The number of rotatable bonds is 8. The van der Waals surface area contributed by atoms with E-state index in [4.69, 9.17) is 30.8 Å². The number of anilines is 1. The SMILES string of the molecule is Cc1ncnc(C(=O)N2CCC3(CC2)OCCc2c3c(=O)n3nc(C4=CCOCC4)nc3n2CC(=O)Nc2ccc(C(F)(F)F)cc2Cl)c1OCc1ccccc1. The van der Waals surface area contributed by atoms with E-state index >= 15 is 0 Å². The molecule has 0 unspecified atom stereocenters. The molecule has 0 bridgehead atoms. The van der Waals surface area contributed by atoms with E-state index in [0.29, 0.717) is 42.4 Å². The monoisotopic (exact) mass is 804 g/mol. The molecule has 18 heteroatoms. The first kappa shape index (κ1) is 38.2. The van der Waals surface area contributed by atoms with Crippen LogP contribution < -0.4 is 15.6 Å². The van der Waals surface area contributed by atoms with E-state index < -0.39 is 28.8 Å². The Morgan fingerprint density at radius 1 is 1.05 bits per heavy atom. The summed E-state index contributed by atoms with van der Waals surface area (Å²) in [4.78, 5) is 57.1. The van der Waals surface area contributed by atoms with Crippen molar-refractivity contribution in [2.24, 2.45) is 0 Å². The van der Waals surface area contributed by atoms with Gasteiger partial charge < -0.3 is 29.0 Å². The highest BCUT2D eigenvalue weighted by Crippen LogP contribution is 2.41. The smallest absolute Gasteiger partial charge is 0.416 e. The third kappa shape index (κ3) is 7.49. The van der Waals surface area contributed by atoms with E-state index in [0.717, 1.165) is 33.9 Å². The van der Waals surface area contributed by atoms with Crippen molar-refractivity contribution >= 4 is 40.5 Å². The van der Waals surface area contributed by atoms with Gasteiger partial charge in [-0.2, -0.15) is 22.7 Å². The number of fused-ring (bicyclic) bond motifs is 3. The van der Waals surface area contributed by atoms with Crippen molar-refractivity contribution in [1.29, 1.82) is 0 Å². The number of hydrogen-bond acceptors (Lipinski definition) is 10. The number of nitrogens with zero attached hydrogens (tertiary/aromatic N) is 7. The largest absolute Gasteiger partial charge is 0.485 e. The van der Waals surface area contributed by atoms with Gasteiger partial charge >= 0.3 is 6.18 Å². The third-order valence-electron chi connectivity index (χ3n) is 10.4. The molecule has 8 rings (SSSR count). The van der Waals surface area contributed by atoms with Gasteiger partial charge in [-0.15, -0.1) is 5.10 Å². The number of piperidine rings is 1. The fourth-order valence-electron chi connectivity index (χ4n) is 7.52. The molecule has 2 aromatic carbocycles. The molecular formula is C39H36ClF3N8O6. The van der Waals surface area contributed by atoms with Crippen molar-refractivity contribution in [1.82, 2.24) is 34.0 Å². The summed E-state index contributed by atoms with van der Waals surface area (Å²) in [6.45, 7) is 3.00. The predicted octanol–water partition coefficient (Wildman–Crippen LogP) is 5.39. The second-order valence-electron chi connectivity index (χ2n) is 14.0. The maximum absolute atomic E-state index is 14.5. The van der Waals surface area contributed by atoms with Gasteiger partial charge in [0.15, 0.2) is 17.3 Å². The number of alkyl halides is 3. The summed E-state index contributed by atoms with van der Waals surface area (Å²) < 4.78 is 60.6. The molecule has 6 heterocycles. The van der Waals surface area contributed by atoms with Gasteiger partial charge in [0.1, 0.15) is 25.1 Å². The molecule has 0 radical (unpaired) electrons. The van der Waals surface area contributed by atoms with Crippen LogP contribution in [0.15, 0.2) is 65.7 Å². The molecule has 57 heavy (non-hydrogen) atoms. The van der Waals surface area contributed by atoms with Gasteiger partial charge in [-0.05, 0) is 55.5 Å². The number of ether oxygens (including phenoxy) is 3. The number of hydrogen-bond donors (Lipinski definition) is 1. The van der Waals surface area contributed by atoms with Gasteiger partial charge in [0.2, 0.25) is 11.7 Å². The lowest BCUT2D eigenvalue weighted by atomic mass is 9.81. The maximum Gasteiger partial charge on any atom is 0.416 e. The van der Waals surface area contributed by atoms with Crippen LogP contribution in [0.1, 0.15) is 63.7 Å². The average Bonchev–Trinajstić information content (AvgIpc) is 3.66. The number of aromatic nitrogens is 6. The maximum atomic E-state index is 14.5. The molecule has 1 fully saturated rings. The first-order valence-electron chi connectivity index (χ1n) is 18.3. The molecule has 296 valence electrons. The number of halogens is 4. The number of benzene rings is 2. The molecule has 2 amide bonds. The number of likely N-dealkylation sites (tertiary alicyclic amines) is 1. The topological polar surface area (TPSA) is 155 Å². The number of aryl methyl sites for hydroxylation is 1. The second-order valence-corrected chi connectivity index (χ2v) is 14.4. The second kappa shape index (κ2) is 15.4. The van der Waals surface area contributed by atoms with Gasteiger partial charge in [0.05, 0.1) is 47.4 Å². The number of nitrogens with one attached hydrogen (secondary N) is 1. The number of amides is 2. The Balaban J connectivity index is 1.11. The fourth-order valence-corrected chi connectivity index (χ4v) is 7.75. The zero-order chi connectivity index (χ0) is 39.9. The van der Waals surface area contributed by atoms with Crippen LogP contribution in [0.25, 0.3) is 11.4 Å². The molecular weight excluding hydrogens is 769 g/mol. The highest BCUT2D eigenvalue weighted by atomic mass is 35.5. The summed E-state index contributed by atoms with van der Waals surface area (Å²) in [5.41, 5.74) is 0.573. The quantitative estimate of drug-likeness (QED) is 0.216. The summed E-state index contributed by atoms with van der Waals surface area (Å²) in [7, 11) is 0. The molecule has 1 N–H and O–H groups in total. The Hall–Kier alpha value is -5.65. The normalized spacial score (nSPS) is 16.6. The van der Waals surface area contributed by atoms with Gasteiger partial charge in [-0.25, -0.2) is 9.97 Å². The first-order valence-corrected chi connectivity index (χ1v) is 18.7. The Bertz CT molecular complexity index is 2460. The van der Waals surface area contributed by atoms with E-state index in [9.17, 15) is 27.6 Å². The first-order chi connectivity index (χ1) is 27.4. The zero-order valence-corrected chi connectivity index (χ0v) is 31.4. The Labute approximate surface area is 328 Å². The van der Waals surface area contributed by atoms with Gasteiger partial charge in [-0.3, -0.25) is 14.4 Å². The van der Waals surface area contributed by atoms with E-state index in [-0.39, 0.29) is 85.9 Å². The highest BCUT2D eigenvalue weighted by molar-refractivity contribution is 6.33. The molecule has 5 aromatic rings. The van der Waals surface area contributed by atoms with E-state index in [1.54, 1.807) is 16.4 Å². The zero-order valence-electron chi connectivity index (χ0n) is 30.6. The van der Waals surface area contributed by atoms with E-state index in [1.165, 1.54) is 6.33 Å². The van der Waals surface area contributed by atoms with Crippen LogP contribution in [-0.2, 0) is 45.6 Å². The standard InChI is InChI=1S/C39H36ClF3N8O6/c1-23-33(56-21-24-5-3-2-4-6-24)32(45-22-44-23)36(54)49-14-12-38(13-15-49)31-29(11-18-57-38)50(20-30(52)46-28-8-7-26(19-27(28)40)39(41,42)43)37-47-34(48-51(37)35(31)53)25-9-16-55-17-10-25/h2-9,19,22H,10-18,20-21H2,1H3,(H,46,52). The van der Waals surface area contributed by atoms with Crippen molar-refractivity contribution in [3.63, 3.8) is 0 Å². The van der Waals surface area contributed by atoms with Crippen LogP contribution in [-0.4, -0.2) is 78.8 Å². The summed E-state index contributed by atoms with van der Waals surface area (Å²) in [5, 5.41) is 6.92. The average molecular weight is 805 g/mol. The van der Waals surface area contributed by atoms with Crippen LogP contribution in [0, 0.1) is 6.92 Å². The van der Waals surface area contributed by atoms with Crippen LogP contribution >= 0.6 is 11.6 Å². The third-order valence-corrected chi connectivity index (χ3v) is 10.7. The molecule has 3 aromatic heterocycles. The molecule has 3 aliphatic heterocycles.